The lowest BCUT2D eigenvalue weighted by atomic mass is 9.97. The number of rotatable bonds is 7. The van der Waals surface area contributed by atoms with E-state index < -0.39 is 5.91 Å². The Labute approximate surface area is 200 Å². The number of anilines is 1. The quantitative estimate of drug-likeness (QED) is 0.532. The minimum atomic E-state index is -0.451. The molecule has 1 aliphatic heterocycles. The minimum Gasteiger partial charge on any atom is -0.497 e. The van der Waals surface area contributed by atoms with Gasteiger partial charge >= 0.3 is 0 Å². The van der Waals surface area contributed by atoms with Crippen LogP contribution >= 0.6 is 11.3 Å². The SMILES string of the molecule is COc1ccc(NC(=O)c2nnc(C(=O)N3CCC[C@H](C(=O)NCc4cccnc4)C3)s2)cc1. The molecule has 1 aromatic carbocycles. The van der Waals surface area contributed by atoms with Crippen LogP contribution in [-0.4, -0.2) is 58.0 Å². The number of nitrogens with zero attached hydrogens (tertiary/aromatic N) is 4. The molecule has 0 aliphatic carbocycles. The first-order chi connectivity index (χ1) is 16.5. The van der Waals surface area contributed by atoms with E-state index in [2.05, 4.69) is 25.8 Å². The van der Waals surface area contributed by atoms with Crippen LogP contribution in [0.4, 0.5) is 5.69 Å². The van der Waals surface area contributed by atoms with Gasteiger partial charge in [-0.05, 0) is 48.7 Å². The first-order valence-electron chi connectivity index (χ1n) is 10.8. The molecule has 34 heavy (non-hydrogen) atoms. The summed E-state index contributed by atoms with van der Waals surface area (Å²) < 4.78 is 5.10. The molecule has 1 fully saturated rings. The molecule has 3 heterocycles. The smallest absolute Gasteiger partial charge is 0.286 e. The Kier molecular flexibility index (Phi) is 7.43. The molecule has 176 valence electrons. The maximum Gasteiger partial charge on any atom is 0.286 e. The molecule has 0 radical (unpaired) electrons. The molecule has 3 amide bonds. The van der Waals surface area contributed by atoms with Crippen LogP contribution in [0, 0.1) is 5.92 Å². The van der Waals surface area contributed by atoms with Crippen LogP contribution in [0.5, 0.6) is 5.75 Å². The Balaban J connectivity index is 1.33. The van der Waals surface area contributed by atoms with Crippen molar-refractivity contribution >= 4 is 34.7 Å². The van der Waals surface area contributed by atoms with Crippen LogP contribution in [-0.2, 0) is 11.3 Å². The van der Waals surface area contributed by atoms with Crippen molar-refractivity contribution in [3.8, 4) is 5.75 Å². The summed E-state index contributed by atoms with van der Waals surface area (Å²) in [5, 5.41) is 13.6. The van der Waals surface area contributed by atoms with E-state index in [1.165, 1.54) is 0 Å². The summed E-state index contributed by atoms with van der Waals surface area (Å²) >= 11 is 0.929. The number of carbonyl (C=O) groups is 3. The molecule has 1 atom stereocenters. The van der Waals surface area contributed by atoms with Gasteiger partial charge in [-0.3, -0.25) is 19.4 Å². The summed E-state index contributed by atoms with van der Waals surface area (Å²) in [5.74, 6) is -0.510. The summed E-state index contributed by atoms with van der Waals surface area (Å²) in [4.78, 5) is 43.7. The van der Waals surface area contributed by atoms with Gasteiger partial charge in [-0.1, -0.05) is 17.4 Å². The standard InChI is InChI=1S/C23H24N6O4S/c1-33-18-8-6-17(7-9-18)26-20(31)21-27-28-22(34-21)23(32)29-11-3-5-16(14-29)19(30)25-13-15-4-2-10-24-12-15/h2,4,6-10,12,16H,3,5,11,13-14H2,1H3,(H,25,30)(H,26,31)/t16-/m0/s1. The van der Waals surface area contributed by atoms with Gasteiger partial charge < -0.3 is 20.3 Å². The van der Waals surface area contributed by atoms with Crippen molar-refractivity contribution in [2.24, 2.45) is 5.92 Å². The van der Waals surface area contributed by atoms with Gasteiger partial charge in [0.15, 0.2) is 0 Å². The predicted molar refractivity (Wildman–Crippen MR) is 126 cm³/mol. The number of ether oxygens (including phenoxy) is 1. The van der Waals surface area contributed by atoms with Crippen molar-refractivity contribution < 1.29 is 19.1 Å². The van der Waals surface area contributed by atoms with Crippen molar-refractivity contribution in [2.45, 2.75) is 19.4 Å². The Morgan fingerprint density at radius 3 is 2.68 bits per heavy atom. The molecule has 3 aromatic rings. The molecule has 10 nitrogen and oxygen atoms in total. The number of likely N-dealkylation sites (tertiary alicyclic amines) is 1. The average Bonchev–Trinajstić information content (AvgIpc) is 3.38. The summed E-state index contributed by atoms with van der Waals surface area (Å²) in [7, 11) is 1.56. The van der Waals surface area contributed by atoms with Crippen LogP contribution in [0.25, 0.3) is 0 Å². The number of amides is 3. The monoisotopic (exact) mass is 480 g/mol. The van der Waals surface area contributed by atoms with E-state index in [1.54, 1.807) is 48.7 Å². The average molecular weight is 481 g/mol. The van der Waals surface area contributed by atoms with Gasteiger partial charge in [0.25, 0.3) is 11.8 Å². The summed E-state index contributed by atoms with van der Waals surface area (Å²) in [6, 6.07) is 10.6. The van der Waals surface area contributed by atoms with E-state index in [4.69, 9.17) is 4.74 Å². The molecule has 1 aliphatic rings. The van der Waals surface area contributed by atoms with Crippen LogP contribution in [0.3, 0.4) is 0 Å². The number of hydrogen-bond donors (Lipinski definition) is 2. The van der Waals surface area contributed by atoms with Crippen molar-refractivity contribution in [1.82, 2.24) is 25.4 Å². The summed E-state index contributed by atoms with van der Waals surface area (Å²) in [6.07, 6.45) is 4.79. The third kappa shape index (κ3) is 5.73. The number of aromatic nitrogens is 3. The number of pyridine rings is 1. The van der Waals surface area contributed by atoms with Gasteiger partial charge in [0.05, 0.1) is 13.0 Å². The Morgan fingerprint density at radius 1 is 1.15 bits per heavy atom. The molecule has 0 spiro atoms. The fraction of sp³-hybridized carbons (Fsp3) is 0.304. The van der Waals surface area contributed by atoms with Gasteiger partial charge in [0.2, 0.25) is 15.9 Å². The molecule has 11 heteroatoms. The molecule has 0 saturated carbocycles. The Bertz CT molecular complexity index is 1150. The highest BCUT2D eigenvalue weighted by molar-refractivity contribution is 7.15. The van der Waals surface area contributed by atoms with E-state index >= 15 is 0 Å². The van der Waals surface area contributed by atoms with Crippen molar-refractivity contribution in [1.29, 1.82) is 0 Å². The van der Waals surface area contributed by atoms with Gasteiger partial charge in [-0.2, -0.15) is 0 Å². The van der Waals surface area contributed by atoms with Crippen molar-refractivity contribution in [2.75, 3.05) is 25.5 Å². The maximum absolute atomic E-state index is 13.0. The van der Waals surface area contributed by atoms with Crippen LogP contribution < -0.4 is 15.4 Å². The topological polar surface area (TPSA) is 126 Å². The van der Waals surface area contributed by atoms with Crippen LogP contribution in [0.15, 0.2) is 48.8 Å². The first kappa shape index (κ1) is 23.3. The zero-order valence-electron chi connectivity index (χ0n) is 18.6. The lowest BCUT2D eigenvalue weighted by molar-refractivity contribution is -0.126. The van der Waals surface area contributed by atoms with Crippen LogP contribution in [0.1, 0.15) is 38.0 Å². The second-order valence-corrected chi connectivity index (χ2v) is 8.74. The second kappa shape index (κ2) is 10.8. The number of piperidine rings is 1. The lowest BCUT2D eigenvalue weighted by Crippen LogP contribution is -2.45. The summed E-state index contributed by atoms with van der Waals surface area (Å²) in [5.41, 5.74) is 1.49. The van der Waals surface area contributed by atoms with Crippen molar-refractivity contribution in [3.63, 3.8) is 0 Å². The summed E-state index contributed by atoms with van der Waals surface area (Å²) in [6.45, 7) is 1.21. The fourth-order valence-corrected chi connectivity index (χ4v) is 4.31. The third-order valence-electron chi connectivity index (χ3n) is 5.42. The van der Waals surface area contributed by atoms with E-state index in [1.807, 2.05) is 12.1 Å². The first-order valence-corrected chi connectivity index (χ1v) is 11.6. The number of benzene rings is 1. The highest BCUT2D eigenvalue weighted by Gasteiger charge is 2.30. The molecule has 4 rings (SSSR count). The second-order valence-electron chi connectivity index (χ2n) is 7.76. The zero-order chi connectivity index (χ0) is 23.9. The van der Waals surface area contributed by atoms with Gasteiger partial charge in [0.1, 0.15) is 5.75 Å². The van der Waals surface area contributed by atoms with Crippen LogP contribution in [0.2, 0.25) is 0 Å². The number of methoxy groups -OCH3 is 1. The highest BCUT2D eigenvalue weighted by Crippen LogP contribution is 2.22. The number of nitrogens with one attached hydrogen (secondary N) is 2. The van der Waals surface area contributed by atoms with E-state index in [-0.39, 0.29) is 27.7 Å². The lowest BCUT2D eigenvalue weighted by Gasteiger charge is -2.31. The van der Waals surface area contributed by atoms with Gasteiger partial charge in [-0.25, -0.2) is 0 Å². The van der Waals surface area contributed by atoms with E-state index in [9.17, 15) is 14.4 Å². The highest BCUT2D eigenvalue weighted by atomic mass is 32.1. The van der Waals surface area contributed by atoms with Gasteiger partial charge in [-0.15, -0.1) is 10.2 Å². The molecule has 2 aromatic heterocycles. The normalized spacial score (nSPS) is 15.4. The molecule has 0 bridgehead atoms. The largest absolute Gasteiger partial charge is 0.497 e. The minimum absolute atomic E-state index is 0.0851. The van der Waals surface area contributed by atoms with E-state index in [0.717, 1.165) is 16.9 Å². The molecule has 1 saturated heterocycles. The molecule has 2 N–H and O–H groups in total. The van der Waals surface area contributed by atoms with Gasteiger partial charge in [0, 0.05) is 37.7 Å². The maximum atomic E-state index is 13.0. The third-order valence-corrected chi connectivity index (χ3v) is 6.33. The van der Waals surface area contributed by atoms with Crippen molar-refractivity contribution in [3.05, 3.63) is 64.4 Å². The molecular formula is C23H24N6O4S. The number of hydrogen-bond acceptors (Lipinski definition) is 8. The Morgan fingerprint density at radius 2 is 1.94 bits per heavy atom. The predicted octanol–water partition coefficient (Wildman–Crippen LogP) is 2.36. The molecular weight excluding hydrogens is 456 g/mol. The molecule has 0 unspecified atom stereocenters. The fourth-order valence-electron chi connectivity index (χ4n) is 3.61. The zero-order valence-corrected chi connectivity index (χ0v) is 19.4. The van der Waals surface area contributed by atoms with E-state index in [0.29, 0.717) is 43.9 Å². The Hall–Kier alpha value is -3.86. The number of carbonyl (C=O) groups excluding carboxylic acids is 3.